The Kier molecular flexibility index (Phi) is 6.49. The Hall–Kier alpha value is -2.45. The van der Waals surface area contributed by atoms with Crippen molar-refractivity contribution in [2.45, 2.75) is 19.9 Å². The molecule has 0 radical (unpaired) electrons. The largest absolute Gasteiger partial charge is 0.481 e. The predicted molar refractivity (Wildman–Crippen MR) is 94.2 cm³/mol. The van der Waals surface area contributed by atoms with Gasteiger partial charge in [0, 0.05) is 37.5 Å². The zero-order valence-corrected chi connectivity index (χ0v) is 14.7. The van der Waals surface area contributed by atoms with Crippen LogP contribution >= 0.6 is 11.6 Å². The summed E-state index contributed by atoms with van der Waals surface area (Å²) in [5.41, 5.74) is 1.19. The van der Waals surface area contributed by atoms with E-state index in [-0.39, 0.29) is 18.1 Å². The molecule has 0 amide bonds. The Morgan fingerprint density at radius 2 is 2.20 bits per heavy atom. The highest BCUT2D eigenvalue weighted by molar-refractivity contribution is 6.29. The second kappa shape index (κ2) is 8.59. The van der Waals surface area contributed by atoms with Gasteiger partial charge >= 0.3 is 5.69 Å². The van der Waals surface area contributed by atoms with Gasteiger partial charge in [0.25, 0.3) is 0 Å². The fourth-order valence-electron chi connectivity index (χ4n) is 2.41. The maximum atomic E-state index is 11.5. The van der Waals surface area contributed by atoms with Crippen LogP contribution < -0.4 is 9.64 Å². The Morgan fingerprint density at radius 3 is 2.76 bits per heavy atom. The molecule has 0 spiro atoms. The molecule has 0 saturated carbocycles. The Morgan fingerprint density at radius 1 is 1.44 bits per heavy atom. The minimum Gasteiger partial charge on any atom is -0.481 e. The first-order chi connectivity index (χ1) is 12.0. The van der Waals surface area contributed by atoms with Gasteiger partial charge in [-0.25, -0.2) is 4.98 Å². The molecule has 25 heavy (non-hydrogen) atoms. The number of aromatic nitrogens is 2. The van der Waals surface area contributed by atoms with Crippen molar-refractivity contribution in [1.29, 1.82) is 0 Å². The number of hydrogen-bond acceptors (Lipinski definition) is 7. The van der Waals surface area contributed by atoms with Crippen LogP contribution in [0.4, 0.5) is 11.5 Å². The summed E-state index contributed by atoms with van der Waals surface area (Å²) in [5, 5.41) is 21.1. The quantitative estimate of drug-likeness (QED) is 0.435. The normalized spacial score (nSPS) is 10.6. The molecule has 0 aromatic carbocycles. The van der Waals surface area contributed by atoms with Crippen LogP contribution in [-0.2, 0) is 6.54 Å². The molecule has 9 heteroatoms. The van der Waals surface area contributed by atoms with Gasteiger partial charge in [-0.2, -0.15) is 4.98 Å². The molecule has 1 N–H and O–H groups in total. The van der Waals surface area contributed by atoms with Crippen LogP contribution in [0.2, 0.25) is 5.15 Å². The van der Waals surface area contributed by atoms with Crippen molar-refractivity contribution >= 4 is 23.1 Å². The summed E-state index contributed by atoms with van der Waals surface area (Å²) in [6.07, 6.45) is 2.04. The molecule has 0 bridgehead atoms. The van der Waals surface area contributed by atoms with Crippen molar-refractivity contribution in [3.8, 4) is 5.88 Å². The average Bonchev–Trinajstić information content (AvgIpc) is 2.59. The fourth-order valence-corrected chi connectivity index (χ4v) is 2.52. The molecule has 2 aromatic heterocycles. The lowest BCUT2D eigenvalue weighted by Crippen LogP contribution is -2.27. The van der Waals surface area contributed by atoms with Gasteiger partial charge in [-0.3, -0.25) is 10.1 Å². The SMILES string of the molecule is COc1cc(C)c([N+](=O)[O-])c(N(CCCO)Cc2ccc(Cl)nc2)n1. The number of nitro groups is 1. The highest BCUT2D eigenvalue weighted by Crippen LogP contribution is 2.33. The van der Waals surface area contributed by atoms with E-state index in [4.69, 9.17) is 21.4 Å². The van der Waals surface area contributed by atoms with Crippen LogP contribution in [0.3, 0.4) is 0 Å². The summed E-state index contributed by atoms with van der Waals surface area (Å²) in [5.74, 6) is 0.492. The molecule has 2 heterocycles. The lowest BCUT2D eigenvalue weighted by Gasteiger charge is -2.24. The van der Waals surface area contributed by atoms with Crippen molar-refractivity contribution in [3.63, 3.8) is 0 Å². The Balaban J connectivity index is 2.46. The number of hydrogen-bond donors (Lipinski definition) is 1. The molecule has 0 saturated heterocycles. The van der Waals surface area contributed by atoms with Crippen LogP contribution in [0.5, 0.6) is 5.88 Å². The second-order valence-electron chi connectivity index (χ2n) is 5.40. The van der Waals surface area contributed by atoms with Gasteiger partial charge in [-0.05, 0) is 25.0 Å². The lowest BCUT2D eigenvalue weighted by molar-refractivity contribution is -0.384. The summed E-state index contributed by atoms with van der Waals surface area (Å²) in [4.78, 5) is 21.1. The first-order valence-electron chi connectivity index (χ1n) is 7.62. The second-order valence-corrected chi connectivity index (χ2v) is 5.79. The number of aliphatic hydroxyl groups is 1. The molecule has 8 nitrogen and oxygen atoms in total. The van der Waals surface area contributed by atoms with Gasteiger partial charge in [0.05, 0.1) is 12.0 Å². The number of anilines is 1. The number of halogens is 1. The van der Waals surface area contributed by atoms with Gasteiger partial charge in [-0.1, -0.05) is 17.7 Å². The third-order valence-corrected chi connectivity index (χ3v) is 3.80. The van der Waals surface area contributed by atoms with E-state index in [2.05, 4.69) is 9.97 Å². The molecule has 134 valence electrons. The van der Waals surface area contributed by atoms with Crippen LogP contribution in [0.15, 0.2) is 24.4 Å². The van der Waals surface area contributed by atoms with Gasteiger partial charge in [-0.15, -0.1) is 0 Å². The first kappa shape index (κ1) is 18.9. The molecule has 0 unspecified atom stereocenters. The van der Waals surface area contributed by atoms with Crippen molar-refractivity contribution < 1.29 is 14.8 Å². The number of ether oxygens (including phenoxy) is 1. The number of pyridine rings is 2. The van der Waals surface area contributed by atoms with E-state index in [1.54, 1.807) is 30.2 Å². The lowest BCUT2D eigenvalue weighted by atomic mass is 10.2. The van der Waals surface area contributed by atoms with Crippen molar-refractivity contribution in [3.05, 3.63) is 50.8 Å². The van der Waals surface area contributed by atoms with E-state index in [9.17, 15) is 10.1 Å². The summed E-state index contributed by atoms with van der Waals surface area (Å²) < 4.78 is 5.15. The van der Waals surface area contributed by atoms with Crippen molar-refractivity contribution in [2.24, 2.45) is 0 Å². The maximum absolute atomic E-state index is 11.5. The molecule has 0 atom stereocenters. The fraction of sp³-hybridized carbons (Fsp3) is 0.375. The number of methoxy groups -OCH3 is 1. The van der Waals surface area contributed by atoms with Crippen LogP contribution in [0, 0.1) is 17.0 Å². The average molecular weight is 367 g/mol. The molecule has 2 aromatic rings. The van der Waals surface area contributed by atoms with E-state index in [0.717, 1.165) is 5.56 Å². The number of rotatable bonds is 8. The molecular weight excluding hydrogens is 348 g/mol. The highest BCUT2D eigenvalue weighted by atomic mass is 35.5. The van der Waals surface area contributed by atoms with E-state index in [1.807, 2.05) is 0 Å². The summed E-state index contributed by atoms with van der Waals surface area (Å²) in [6, 6.07) is 4.97. The van der Waals surface area contributed by atoms with E-state index in [0.29, 0.717) is 36.1 Å². The van der Waals surface area contributed by atoms with Crippen LogP contribution in [-0.4, -0.2) is 40.3 Å². The summed E-state index contributed by atoms with van der Waals surface area (Å²) in [7, 11) is 1.46. The summed E-state index contributed by atoms with van der Waals surface area (Å²) >= 11 is 5.80. The minimum absolute atomic E-state index is 0.0356. The molecule has 2 rings (SSSR count). The van der Waals surface area contributed by atoms with E-state index in [1.165, 1.54) is 13.2 Å². The Labute approximate surface area is 150 Å². The first-order valence-corrected chi connectivity index (χ1v) is 8.00. The molecule has 0 fully saturated rings. The van der Waals surface area contributed by atoms with Gasteiger partial charge < -0.3 is 14.7 Å². The number of nitrogens with zero attached hydrogens (tertiary/aromatic N) is 4. The van der Waals surface area contributed by atoms with Crippen molar-refractivity contribution in [2.75, 3.05) is 25.2 Å². The van der Waals surface area contributed by atoms with E-state index < -0.39 is 4.92 Å². The molecular formula is C16H19ClN4O4. The monoisotopic (exact) mass is 366 g/mol. The number of aryl methyl sites for hydroxylation is 1. The van der Waals surface area contributed by atoms with Crippen LogP contribution in [0.1, 0.15) is 17.5 Å². The number of aliphatic hydroxyl groups excluding tert-OH is 1. The van der Waals surface area contributed by atoms with Crippen molar-refractivity contribution in [1.82, 2.24) is 9.97 Å². The van der Waals surface area contributed by atoms with Gasteiger partial charge in [0.1, 0.15) is 5.15 Å². The standard InChI is InChI=1S/C16H19ClN4O4/c1-11-8-14(25-2)19-16(15(11)21(23)24)20(6-3-7-22)10-12-4-5-13(17)18-9-12/h4-5,8-9,22H,3,6-7,10H2,1-2H3. The van der Waals surface area contributed by atoms with Crippen LogP contribution in [0.25, 0.3) is 0 Å². The molecule has 0 aliphatic carbocycles. The topological polar surface area (TPSA) is 102 Å². The van der Waals surface area contributed by atoms with E-state index >= 15 is 0 Å². The molecule has 0 aliphatic rings. The zero-order valence-electron chi connectivity index (χ0n) is 14.0. The summed E-state index contributed by atoms with van der Waals surface area (Å²) in [6.45, 7) is 2.33. The minimum atomic E-state index is -0.455. The highest BCUT2D eigenvalue weighted by Gasteiger charge is 2.25. The van der Waals surface area contributed by atoms with Gasteiger partial charge in [0.15, 0.2) is 0 Å². The Bertz CT molecular complexity index is 740. The third-order valence-electron chi connectivity index (χ3n) is 3.58. The molecule has 0 aliphatic heterocycles. The maximum Gasteiger partial charge on any atom is 0.314 e. The smallest absolute Gasteiger partial charge is 0.314 e. The van der Waals surface area contributed by atoms with Gasteiger partial charge in [0.2, 0.25) is 11.7 Å². The zero-order chi connectivity index (χ0) is 18.4. The third kappa shape index (κ3) is 4.77. The predicted octanol–water partition coefficient (Wildman–Crippen LogP) is 2.74.